The summed E-state index contributed by atoms with van der Waals surface area (Å²) < 4.78 is 0. The van der Waals surface area contributed by atoms with Gasteiger partial charge < -0.3 is 10.0 Å². The van der Waals surface area contributed by atoms with Gasteiger partial charge >= 0.3 is 12.0 Å². The van der Waals surface area contributed by atoms with Crippen LogP contribution in [0.2, 0.25) is 0 Å². The number of carbonyl (C=O) groups excluding carboxylic acids is 1. The number of hydrogen-bond donors (Lipinski definition) is 1. The van der Waals surface area contributed by atoms with Gasteiger partial charge in [0.15, 0.2) is 0 Å². The summed E-state index contributed by atoms with van der Waals surface area (Å²) in [6.45, 7) is 0.135. The van der Waals surface area contributed by atoms with E-state index in [0.29, 0.717) is 11.3 Å². The molecule has 6 nitrogen and oxygen atoms in total. The molecule has 1 aromatic rings. The molecule has 0 aliphatic carbocycles. The van der Waals surface area contributed by atoms with Gasteiger partial charge in [-0.25, -0.2) is 4.79 Å². The Morgan fingerprint density at radius 2 is 2.05 bits per heavy atom. The molecule has 2 amide bonds. The molecule has 0 radical (unpaired) electrons. The van der Waals surface area contributed by atoms with Gasteiger partial charge in [-0.2, -0.15) is 5.26 Å². The van der Waals surface area contributed by atoms with Crippen molar-refractivity contribution in [3.63, 3.8) is 0 Å². The SMILES string of the molecule is CN(CCC(=O)O)C(=O)N(C)c1cccc(C#N)c1. The zero-order valence-electron chi connectivity index (χ0n) is 10.8. The van der Waals surface area contributed by atoms with Gasteiger partial charge in [-0.05, 0) is 18.2 Å². The van der Waals surface area contributed by atoms with Crippen molar-refractivity contribution in [1.82, 2.24) is 4.90 Å². The minimum atomic E-state index is -0.950. The lowest BCUT2D eigenvalue weighted by molar-refractivity contribution is -0.137. The van der Waals surface area contributed by atoms with Crippen molar-refractivity contribution in [3.05, 3.63) is 29.8 Å². The van der Waals surface area contributed by atoms with E-state index in [2.05, 4.69) is 0 Å². The predicted molar refractivity (Wildman–Crippen MR) is 69.8 cm³/mol. The number of carboxylic acids is 1. The third-order valence-electron chi connectivity index (χ3n) is 2.64. The van der Waals surface area contributed by atoms with Crippen LogP contribution >= 0.6 is 0 Å². The topological polar surface area (TPSA) is 84.6 Å². The maximum atomic E-state index is 12.0. The number of anilines is 1. The Hall–Kier alpha value is -2.55. The molecule has 0 atom stereocenters. The standard InChI is InChI=1S/C13H15N3O3/c1-15(7-6-12(17)18)13(19)16(2)11-5-3-4-10(8-11)9-14/h3-5,8H,6-7H2,1-2H3,(H,17,18). The number of amides is 2. The summed E-state index contributed by atoms with van der Waals surface area (Å²) in [5, 5.41) is 17.4. The molecule has 0 saturated carbocycles. The van der Waals surface area contributed by atoms with E-state index in [0.717, 1.165) is 0 Å². The maximum Gasteiger partial charge on any atom is 0.323 e. The summed E-state index contributed by atoms with van der Waals surface area (Å²) in [5.41, 5.74) is 1.05. The van der Waals surface area contributed by atoms with Crippen molar-refractivity contribution >= 4 is 17.7 Å². The highest BCUT2D eigenvalue weighted by atomic mass is 16.4. The molecule has 1 aromatic carbocycles. The average Bonchev–Trinajstić information content (AvgIpc) is 2.43. The number of rotatable bonds is 4. The molecule has 0 heterocycles. The summed E-state index contributed by atoms with van der Waals surface area (Å²) in [4.78, 5) is 25.2. The molecule has 6 heteroatoms. The van der Waals surface area contributed by atoms with Gasteiger partial charge in [0.2, 0.25) is 0 Å². The first kappa shape index (κ1) is 14.5. The molecular formula is C13H15N3O3. The van der Waals surface area contributed by atoms with Gasteiger partial charge in [-0.15, -0.1) is 0 Å². The first-order valence-electron chi connectivity index (χ1n) is 5.66. The van der Waals surface area contributed by atoms with E-state index in [4.69, 9.17) is 10.4 Å². The molecule has 1 N–H and O–H groups in total. The lowest BCUT2D eigenvalue weighted by Gasteiger charge is -2.24. The van der Waals surface area contributed by atoms with E-state index in [1.807, 2.05) is 6.07 Å². The van der Waals surface area contributed by atoms with E-state index < -0.39 is 5.97 Å². The van der Waals surface area contributed by atoms with Crippen molar-refractivity contribution in [2.24, 2.45) is 0 Å². The Kier molecular flexibility index (Phi) is 4.89. The Morgan fingerprint density at radius 3 is 2.63 bits per heavy atom. The van der Waals surface area contributed by atoms with Crippen molar-refractivity contribution in [2.75, 3.05) is 25.5 Å². The molecule has 0 unspecified atom stereocenters. The predicted octanol–water partition coefficient (Wildman–Crippen LogP) is 1.52. The van der Waals surface area contributed by atoms with Crippen molar-refractivity contribution in [3.8, 4) is 6.07 Å². The number of benzene rings is 1. The second kappa shape index (κ2) is 6.40. The van der Waals surface area contributed by atoms with Crippen LogP contribution in [0, 0.1) is 11.3 Å². The summed E-state index contributed by atoms with van der Waals surface area (Å²) in [7, 11) is 3.12. The molecule has 0 saturated heterocycles. The summed E-state index contributed by atoms with van der Waals surface area (Å²) in [6, 6.07) is 8.33. The highest BCUT2D eigenvalue weighted by Gasteiger charge is 2.16. The van der Waals surface area contributed by atoms with Crippen LogP contribution in [-0.2, 0) is 4.79 Å². The smallest absolute Gasteiger partial charge is 0.323 e. The van der Waals surface area contributed by atoms with Crippen LogP contribution in [0.1, 0.15) is 12.0 Å². The molecule has 19 heavy (non-hydrogen) atoms. The number of nitrogens with zero attached hydrogens (tertiary/aromatic N) is 3. The summed E-state index contributed by atoms with van der Waals surface area (Å²) >= 11 is 0. The van der Waals surface area contributed by atoms with E-state index in [1.165, 1.54) is 16.8 Å². The fourth-order valence-corrected chi connectivity index (χ4v) is 1.51. The first-order valence-corrected chi connectivity index (χ1v) is 5.66. The highest BCUT2D eigenvalue weighted by Crippen LogP contribution is 2.15. The molecule has 0 aromatic heterocycles. The quantitative estimate of drug-likeness (QED) is 0.890. The van der Waals surface area contributed by atoms with Gasteiger partial charge in [0, 0.05) is 26.3 Å². The second-order valence-electron chi connectivity index (χ2n) is 4.07. The number of carbonyl (C=O) groups is 2. The van der Waals surface area contributed by atoms with E-state index in [-0.39, 0.29) is 19.0 Å². The van der Waals surface area contributed by atoms with Crippen LogP contribution in [0.5, 0.6) is 0 Å². The fourth-order valence-electron chi connectivity index (χ4n) is 1.51. The third-order valence-corrected chi connectivity index (χ3v) is 2.64. The van der Waals surface area contributed by atoms with Crippen LogP contribution < -0.4 is 4.90 Å². The van der Waals surface area contributed by atoms with Crippen molar-refractivity contribution in [2.45, 2.75) is 6.42 Å². The fraction of sp³-hybridized carbons (Fsp3) is 0.308. The third kappa shape index (κ3) is 4.00. The van der Waals surface area contributed by atoms with Gasteiger partial charge in [0.25, 0.3) is 0 Å². The molecule has 0 fully saturated rings. The van der Waals surface area contributed by atoms with Gasteiger partial charge in [-0.3, -0.25) is 9.69 Å². The monoisotopic (exact) mass is 261 g/mol. The Bertz CT molecular complexity index is 522. The Morgan fingerprint density at radius 1 is 1.37 bits per heavy atom. The molecule has 100 valence electrons. The maximum absolute atomic E-state index is 12.0. The number of aliphatic carboxylic acids is 1. The van der Waals surface area contributed by atoms with Crippen LogP contribution in [0.25, 0.3) is 0 Å². The zero-order valence-corrected chi connectivity index (χ0v) is 10.8. The molecular weight excluding hydrogens is 246 g/mol. The van der Waals surface area contributed by atoms with Gasteiger partial charge in [0.05, 0.1) is 18.1 Å². The Labute approximate surface area is 111 Å². The average molecular weight is 261 g/mol. The molecule has 0 aliphatic heterocycles. The summed E-state index contributed by atoms with van der Waals surface area (Å²) in [5.74, 6) is -0.950. The number of carboxylic acid groups (broad SMARTS) is 1. The van der Waals surface area contributed by atoms with Crippen molar-refractivity contribution < 1.29 is 14.7 Å². The van der Waals surface area contributed by atoms with Crippen LogP contribution in [-0.4, -0.2) is 42.6 Å². The van der Waals surface area contributed by atoms with Gasteiger partial charge in [0.1, 0.15) is 0 Å². The number of nitriles is 1. The second-order valence-corrected chi connectivity index (χ2v) is 4.07. The van der Waals surface area contributed by atoms with E-state index in [9.17, 15) is 9.59 Å². The zero-order chi connectivity index (χ0) is 14.4. The minimum absolute atomic E-state index is 0.103. The van der Waals surface area contributed by atoms with Gasteiger partial charge in [-0.1, -0.05) is 6.07 Å². The molecule has 0 spiro atoms. The largest absolute Gasteiger partial charge is 0.481 e. The molecule has 0 bridgehead atoms. The van der Waals surface area contributed by atoms with E-state index >= 15 is 0 Å². The number of urea groups is 1. The normalized spacial score (nSPS) is 9.53. The lowest BCUT2D eigenvalue weighted by Crippen LogP contribution is -2.39. The minimum Gasteiger partial charge on any atom is -0.481 e. The lowest BCUT2D eigenvalue weighted by atomic mass is 10.2. The van der Waals surface area contributed by atoms with E-state index in [1.54, 1.807) is 31.3 Å². The first-order chi connectivity index (χ1) is 8.95. The van der Waals surface area contributed by atoms with Crippen LogP contribution in [0.15, 0.2) is 24.3 Å². The summed E-state index contributed by atoms with van der Waals surface area (Å²) in [6.07, 6.45) is -0.103. The number of hydrogen-bond acceptors (Lipinski definition) is 3. The molecule has 1 rings (SSSR count). The van der Waals surface area contributed by atoms with Crippen LogP contribution in [0.3, 0.4) is 0 Å². The highest BCUT2D eigenvalue weighted by molar-refractivity contribution is 5.91. The van der Waals surface area contributed by atoms with Crippen molar-refractivity contribution in [1.29, 1.82) is 5.26 Å². The Balaban J connectivity index is 2.75. The van der Waals surface area contributed by atoms with Crippen LogP contribution in [0.4, 0.5) is 10.5 Å². The molecule has 0 aliphatic rings.